The molecular weight excluding hydrogens is 219 g/mol. The molecule has 0 amide bonds. The van der Waals surface area contributed by atoms with E-state index in [1.54, 1.807) is 13.8 Å². The van der Waals surface area contributed by atoms with Crippen LogP contribution in [0.3, 0.4) is 0 Å². The third-order valence-corrected chi connectivity index (χ3v) is 2.06. The Morgan fingerprint density at radius 1 is 1.25 bits per heavy atom. The third kappa shape index (κ3) is 3.41. The van der Waals surface area contributed by atoms with E-state index in [4.69, 9.17) is 5.73 Å². The van der Waals surface area contributed by atoms with Crippen molar-refractivity contribution in [3.63, 3.8) is 0 Å². The fraction of sp³-hybridized carbons (Fsp3) is 0.455. The van der Waals surface area contributed by atoms with E-state index < -0.39 is 17.3 Å². The van der Waals surface area contributed by atoms with Crippen molar-refractivity contribution in [2.75, 3.05) is 0 Å². The topological polar surface area (TPSA) is 46.2 Å². The van der Waals surface area contributed by atoms with Crippen molar-refractivity contribution in [1.82, 2.24) is 0 Å². The van der Waals surface area contributed by atoms with Crippen LogP contribution in [0, 0.1) is 0 Å². The molecule has 1 rings (SSSR count). The molecular formula is C11H14F3NO. The lowest BCUT2D eigenvalue weighted by Crippen LogP contribution is -2.34. The van der Waals surface area contributed by atoms with Crippen LogP contribution in [0.15, 0.2) is 18.2 Å². The van der Waals surface area contributed by atoms with Gasteiger partial charge in [0.2, 0.25) is 0 Å². The van der Waals surface area contributed by atoms with Crippen LogP contribution < -0.4 is 5.73 Å². The molecule has 2 nitrogen and oxygen atoms in total. The van der Waals surface area contributed by atoms with E-state index in [2.05, 4.69) is 0 Å². The van der Waals surface area contributed by atoms with Crippen molar-refractivity contribution in [2.24, 2.45) is 5.73 Å². The summed E-state index contributed by atoms with van der Waals surface area (Å²) in [6.45, 7) is 3.48. The Morgan fingerprint density at radius 3 is 2.19 bits per heavy atom. The zero-order valence-electron chi connectivity index (χ0n) is 9.10. The molecule has 0 aromatic heterocycles. The minimum atomic E-state index is -4.44. The molecule has 0 heterocycles. The summed E-state index contributed by atoms with van der Waals surface area (Å²) in [6, 6.07) is 2.93. The van der Waals surface area contributed by atoms with E-state index >= 15 is 0 Å². The minimum absolute atomic E-state index is 0.316. The second kappa shape index (κ2) is 3.97. The van der Waals surface area contributed by atoms with E-state index in [0.717, 1.165) is 12.1 Å². The quantitative estimate of drug-likeness (QED) is 0.825. The number of hydrogen-bond acceptors (Lipinski definition) is 2. The number of benzene rings is 1. The third-order valence-electron chi connectivity index (χ3n) is 2.06. The van der Waals surface area contributed by atoms with Gasteiger partial charge in [0.25, 0.3) is 0 Å². The van der Waals surface area contributed by atoms with Gasteiger partial charge in [-0.3, -0.25) is 0 Å². The summed E-state index contributed by atoms with van der Waals surface area (Å²) < 4.78 is 36.9. The molecule has 0 unspecified atom stereocenters. The summed E-state index contributed by atoms with van der Waals surface area (Å²) in [7, 11) is 0. The van der Waals surface area contributed by atoms with E-state index in [0.29, 0.717) is 12.0 Å². The smallest absolute Gasteiger partial charge is 0.416 e. The Balaban J connectivity index is 3.01. The van der Waals surface area contributed by atoms with Crippen LogP contribution in [0.2, 0.25) is 0 Å². The highest BCUT2D eigenvalue weighted by Crippen LogP contribution is 2.33. The maximum absolute atomic E-state index is 12.3. The second-order valence-electron chi connectivity index (χ2n) is 4.51. The Morgan fingerprint density at radius 2 is 1.81 bits per heavy atom. The molecule has 5 heteroatoms. The van der Waals surface area contributed by atoms with Gasteiger partial charge in [0.05, 0.1) is 5.56 Å². The standard InChI is InChI=1S/C11H14F3NO/c1-10(2,15)6-7-3-4-8(5-9(7)16)11(12,13)14/h3-5,16H,6,15H2,1-2H3. The van der Waals surface area contributed by atoms with Gasteiger partial charge in [-0.15, -0.1) is 0 Å². The van der Waals surface area contributed by atoms with Crippen molar-refractivity contribution >= 4 is 0 Å². The van der Waals surface area contributed by atoms with E-state index in [-0.39, 0.29) is 5.75 Å². The summed E-state index contributed by atoms with van der Waals surface area (Å²) in [5, 5.41) is 9.46. The molecule has 0 aliphatic heterocycles. The first-order chi connectivity index (χ1) is 7.09. The van der Waals surface area contributed by atoms with Gasteiger partial charge in [-0.1, -0.05) is 6.07 Å². The first-order valence-electron chi connectivity index (χ1n) is 4.77. The monoisotopic (exact) mass is 233 g/mol. The average molecular weight is 233 g/mol. The van der Waals surface area contributed by atoms with Crippen LogP contribution in [-0.2, 0) is 12.6 Å². The second-order valence-corrected chi connectivity index (χ2v) is 4.51. The van der Waals surface area contributed by atoms with Crippen molar-refractivity contribution in [3.8, 4) is 5.75 Å². The number of halogens is 3. The van der Waals surface area contributed by atoms with Gasteiger partial charge < -0.3 is 10.8 Å². The fourth-order valence-corrected chi connectivity index (χ4v) is 1.38. The number of phenolic OH excluding ortho intramolecular Hbond substituents is 1. The van der Waals surface area contributed by atoms with Gasteiger partial charge in [-0.25, -0.2) is 0 Å². The fourth-order valence-electron chi connectivity index (χ4n) is 1.38. The lowest BCUT2D eigenvalue weighted by Gasteiger charge is -2.19. The lowest BCUT2D eigenvalue weighted by atomic mass is 9.95. The number of rotatable bonds is 2. The summed E-state index contributed by atoms with van der Waals surface area (Å²) in [5.74, 6) is -0.367. The van der Waals surface area contributed by atoms with Crippen LogP contribution in [0.4, 0.5) is 13.2 Å². The molecule has 0 saturated heterocycles. The zero-order valence-corrected chi connectivity index (χ0v) is 9.10. The Labute approximate surface area is 91.9 Å². The molecule has 90 valence electrons. The van der Waals surface area contributed by atoms with Crippen molar-refractivity contribution < 1.29 is 18.3 Å². The Kier molecular flexibility index (Phi) is 3.19. The Hall–Kier alpha value is -1.23. The lowest BCUT2D eigenvalue weighted by molar-refractivity contribution is -0.137. The summed E-state index contributed by atoms with van der Waals surface area (Å²) in [6.07, 6.45) is -4.12. The number of phenols is 1. The molecule has 0 fully saturated rings. The predicted octanol–water partition coefficient (Wildman–Crippen LogP) is 2.69. The van der Waals surface area contributed by atoms with Crippen LogP contribution >= 0.6 is 0 Å². The number of hydrogen-bond donors (Lipinski definition) is 2. The molecule has 0 aliphatic rings. The van der Waals surface area contributed by atoms with Crippen LogP contribution in [0.25, 0.3) is 0 Å². The summed E-state index contributed by atoms with van der Waals surface area (Å²) >= 11 is 0. The first kappa shape index (κ1) is 12.8. The molecule has 1 aromatic rings. The maximum Gasteiger partial charge on any atom is 0.416 e. The molecule has 0 radical (unpaired) electrons. The molecule has 1 aromatic carbocycles. The number of nitrogens with two attached hydrogens (primary N) is 1. The van der Waals surface area contributed by atoms with Crippen LogP contribution in [-0.4, -0.2) is 10.6 Å². The van der Waals surface area contributed by atoms with Gasteiger partial charge in [0.1, 0.15) is 5.75 Å². The average Bonchev–Trinajstić information content (AvgIpc) is 2.04. The molecule has 0 saturated carbocycles. The molecule has 16 heavy (non-hydrogen) atoms. The molecule has 0 spiro atoms. The minimum Gasteiger partial charge on any atom is -0.508 e. The zero-order chi connectivity index (χ0) is 12.6. The van der Waals surface area contributed by atoms with Gasteiger partial charge in [0.15, 0.2) is 0 Å². The van der Waals surface area contributed by atoms with E-state index in [1.165, 1.54) is 6.07 Å². The van der Waals surface area contributed by atoms with Gasteiger partial charge >= 0.3 is 6.18 Å². The summed E-state index contributed by atoms with van der Waals surface area (Å²) in [4.78, 5) is 0. The van der Waals surface area contributed by atoms with Gasteiger partial charge in [0, 0.05) is 5.54 Å². The van der Waals surface area contributed by atoms with Crippen LogP contribution in [0.1, 0.15) is 25.0 Å². The highest BCUT2D eigenvalue weighted by molar-refractivity contribution is 5.38. The largest absolute Gasteiger partial charge is 0.508 e. The predicted molar refractivity (Wildman–Crippen MR) is 55.1 cm³/mol. The van der Waals surface area contributed by atoms with E-state index in [1.807, 2.05) is 0 Å². The molecule has 0 bridgehead atoms. The van der Waals surface area contributed by atoms with Gasteiger partial charge in [-0.05, 0) is 38.0 Å². The van der Waals surface area contributed by atoms with Crippen molar-refractivity contribution in [2.45, 2.75) is 32.0 Å². The van der Waals surface area contributed by atoms with Crippen LogP contribution in [0.5, 0.6) is 5.75 Å². The number of aromatic hydroxyl groups is 1. The van der Waals surface area contributed by atoms with Gasteiger partial charge in [-0.2, -0.15) is 13.2 Å². The number of alkyl halides is 3. The summed E-state index contributed by atoms with van der Waals surface area (Å²) in [5.41, 5.74) is 4.71. The highest BCUT2D eigenvalue weighted by Gasteiger charge is 2.31. The van der Waals surface area contributed by atoms with Crippen molar-refractivity contribution in [3.05, 3.63) is 29.3 Å². The normalized spacial score (nSPS) is 12.9. The molecule has 0 atom stereocenters. The Bertz CT molecular complexity index is 380. The SMILES string of the molecule is CC(C)(N)Cc1ccc(C(F)(F)F)cc1O. The maximum atomic E-state index is 12.3. The van der Waals surface area contributed by atoms with Crippen molar-refractivity contribution in [1.29, 1.82) is 0 Å². The van der Waals surface area contributed by atoms with E-state index in [9.17, 15) is 18.3 Å². The highest BCUT2D eigenvalue weighted by atomic mass is 19.4. The first-order valence-corrected chi connectivity index (χ1v) is 4.77. The molecule has 0 aliphatic carbocycles. The molecule has 3 N–H and O–H groups in total.